The molecule has 0 saturated carbocycles. The van der Waals surface area contributed by atoms with Crippen LogP contribution in [0.25, 0.3) is 0 Å². The van der Waals surface area contributed by atoms with Gasteiger partial charge in [0.2, 0.25) is 0 Å². The lowest BCUT2D eigenvalue weighted by Crippen LogP contribution is -2.13. The van der Waals surface area contributed by atoms with Gasteiger partial charge in [-0.1, -0.05) is 0 Å². The Morgan fingerprint density at radius 2 is 1.95 bits per heavy atom. The fourth-order valence-electron chi connectivity index (χ4n) is 1.94. The molecule has 2 aromatic rings. The average Bonchev–Trinajstić information content (AvgIpc) is 2.58. The summed E-state index contributed by atoms with van der Waals surface area (Å²) in [6, 6.07) is 4.05. The molecule has 0 aliphatic rings. The molecule has 1 aromatic heterocycles. The number of furan rings is 1. The summed E-state index contributed by atoms with van der Waals surface area (Å²) in [5, 5.41) is 2.68. The zero-order chi connectivity index (χ0) is 14.2. The van der Waals surface area contributed by atoms with Gasteiger partial charge >= 0.3 is 0 Å². The highest BCUT2D eigenvalue weighted by Gasteiger charge is 2.18. The predicted octanol–water partition coefficient (Wildman–Crippen LogP) is 3.18. The van der Waals surface area contributed by atoms with Crippen molar-refractivity contribution in [1.82, 2.24) is 0 Å². The Bertz CT molecular complexity index is 647. The minimum absolute atomic E-state index is 0.00498. The van der Waals surface area contributed by atoms with E-state index in [1.54, 1.807) is 13.8 Å². The lowest BCUT2D eigenvalue weighted by Gasteiger charge is -2.06. The van der Waals surface area contributed by atoms with E-state index in [4.69, 9.17) is 10.2 Å². The third-order valence-corrected chi connectivity index (χ3v) is 3.04. The van der Waals surface area contributed by atoms with Gasteiger partial charge in [0.15, 0.2) is 0 Å². The van der Waals surface area contributed by atoms with E-state index in [-0.39, 0.29) is 11.6 Å². The largest absolute Gasteiger partial charge is 0.466 e. The Morgan fingerprint density at radius 3 is 2.47 bits per heavy atom. The lowest BCUT2D eigenvalue weighted by atomic mass is 10.1. The summed E-state index contributed by atoms with van der Waals surface area (Å²) < 4.78 is 18.4. The molecule has 4 nitrogen and oxygen atoms in total. The van der Waals surface area contributed by atoms with Crippen LogP contribution >= 0.6 is 0 Å². The van der Waals surface area contributed by atoms with E-state index < -0.39 is 5.82 Å². The number of anilines is 2. The number of hydrogen-bond acceptors (Lipinski definition) is 3. The molecule has 1 aromatic carbocycles. The standard InChI is InChI=1S/C14H15FN2O2/c1-7-8(2)19-9(3)13(7)14(18)17-10-4-5-11(15)12(16)6-10/h4-6H,16H2,1-3H3,(H,17,18). The number of benzene rings is 1. The Kier molecular flexibility index (Phi) is 3.29. The number of rotatable bonds is 2. The Hall–Kier alpha value is -2.30. The zero-order valence-corrected chi connectivity index (χ0v) is 11.0. The molecule has 0 unspecified atom stereocenters. The van der Waals surface area contributed by atoms with Crippen LogP contribution in [0.15, 0.2) is 22.6 Å². The van der Waals surface area contributed by atoms with E-state index in [2.05, 4.69) is 5.32 Å². The molecule has 0 saturated heterocycles. The third-order valence-electron chi connectivity index (χ3n) is 3.04. The predicted molar refractivity (Wildman–Crippen MR) is 71.7 cm³/mol. The summed E-state index contributed by atoms with van der Waals surface area (Å²) in [5.41, 5.74) is 7.19. The molecule has 0 spiro atoms. The highest BCUT2D eigenvalue weighted by Crippen LogP contribution is 2.23. The summed E-state index contributed by atoms with van der Waals surface area (Å²) in [5.74, 6) is 0.464. The normalized spacial score (nSPS) is 10.5. The van der Waals surface area contributed by atoms with Crippen LogP contribution in [0.1, 0.15) is 27.4 Å². The number of hydrogen-bond donors (Lipinski definition) is 2. The number of amides is 1. The van der Waals surface area contributed by atoms with Crippen molar-refractivity contribution >= 4 is 17.3 Å². The molecular weight excluding hydrogens is 247 g/mol. The first-order valence-corrected chi connectivity index (χ1v) is 5.83. The summed E-state index contributed by atoms with van der Waals surface area (Å²) >= 11 is 0. The first-order valence-electron chi connectivity index (χ1n) is 5.83. The van der Waals surface area contributed by atoms with Gasteiger partial charge in [0, 0.05) is 11.3 Å². The van der Waals surface area contributed by atoms with Crippen LogP contribution in [0, 0.1) is 26.6 Å². The number of nitrogens with two attached hydrogens (primary N) is 1. The fraction of sp³-hybridized carbons (Fsp3) is 0.214. The Morgan fingerprint density at radius 1 is 1.26 bits per heavy atom. The maximum atomic E-state index is 13.0. The van der Waals surface area contributed by atoms with Crippen LogP contribution in [0.3, 0.4) is 0 Å². The average molecular weight is 262 g/mol. The number of aryl methyl sites for hydroxylation is 2. The van der Waals surface area contributed by atoms with Crippen LogP contribution in [0.2, 0.25) is 0 Å². The minimum Gasteiger partial charge on any atom is -0.466 e. The second-order valence-electron chi connectivity index (χ2n) is 4.40. The molecule has 0 bridgehead atoms. The number of nitrogens with one attached hydrogen (secondary N) is 1. The van der Waals surface area contributed by atoms with Crippen LogP contribution in [-0.4, -0.2) is 5.91 Å². The maximum absolute atomic E-state index is 13.0. The summed E-state index contributed by atoms with van der Waals surface area (Å²) in [7, 11) is 0. The second kappa shape index (κ2) is 4.76. The van der Waals surface area contributed by atoms with Gasteiger partial charge in [-0.2, -0.15) is 0 Å². The van der Waals surface area contributed by atoms with Crippen molar-refractivity contribution in [1.29, 1.82) is 0 Å². The number of carbonyl (C=O) groups excluding carboxylic acids is 1. The van der Waals surface area contributed by atoms with Gasteiger partial charge in [0.25, 0.3) is 5.91 Å². The number of carbonyl (C=O) groups is 1. The van der Waals surface area contributed by atoms with E-state index in [1.165, 1.54) is 18.2 Å². The van der Waals surface area contributed by atoms with Crippen molar-refractivity contribution in [2.45, 2.75) is 20.8 Å². The summed E-state index contributed by atoms with van der Waals surface area (Å²) in [6.45, 7) is 5.35. The molecule has 19 heavy (non-hydrogen) atoms. The summed E-state index contributed by atoms with van der Waals surface area (Å²) in [6.07, 6.45) is 0. The van der Waals surface area contributed by atoms with Crippen LogP contribution < -0.4 is 11.1 Å². The van der Waals surface area contributed by atoms with E-state index >= 15 is 0 Å². The van der Waals surface area contributed by atoms with Gasteiger partial charge in [0.1, 0.15) is 17.3 Å². The first-order chi connectivity index (χ1) is 8.90. The highest BCUT2D eigenvalue weighted by atomic mass is 19.1. The molecule has 0 fully saturated rings. The molecule has 5 heteroatoms. The first kappa shape index (κ1) is 13.1. The van der Waals surface area contributed by atoms with E-state index in [9.17, 15) is 9.18 Å². The molecule has 0 aliphatic carbocycles. The smallest absolute Gasteiger partial charge is 0.259 e. The topological polar surface area (TPSA) is 68.3 Å². The van der Waals surface area contributed by atoms with Gasteiger partial charge < -0.3 is 15.5 Å². The molecule has 0 atom stereocenters. The van der Waals surface area contributed by atoms with Crippen LogP contribution in [-0.2, 0) is 0 Å². The molecule has 0 radical (unpaired) electrons. The van der Waals surface area contributed by atoms with Gasteiger partial charge in [0.05, 0.1) is 11.3 Å². The fourth-order valence-corrected chi connectivity index (χ4v) is 1.94. The molecule has 100 valence electrons. The van der Waals surface area contributed by atoms with Crippen molar-refractivity contribution in [3.63, 3.8) is 0 Å². The number of nitrogen functional groups attached to an aromatic ring is 1. The van der Waals surface area contributed by atoms with Crippen molar-refractivity contribution in [3.8, 4) is 0 Å². The minimum atomic E-state index is -0.510. The van der Waals surface area contributed by atoms with E-state index in [0.29, 0.717) is 22.8 Å². The van der Waals surface area contributed by atoms with Crippen molar-refractivity contribution in [3.05, 3.63) is 46.7 Å². The van der Waals surface area contributed by atoms with Crippen molar-refractivity contribution in [2.24, 2.45) is 0 Å². The van der Waals surface area contributed by atoms with Gasteiger partial charge in [-0.05, 0) is 39.0 Å². The molecule has 1 heterocycles. The summed E-state index contributed by atoms with van der Waals surface area (Å²) in [4.78, 5) is 12.2. The lowest BCUT2D eigenvalue weighted by molar-refractivity contribution is 0.102. The monoisotopic (exact) mass is 262 g/mol. The second-order valence-corrected chi connectivity index (χ2v) is 4.40. The molecular formula is C14H15FN2O2. The van der Waals surface area contributed by atoms with Crippen molar-refractivity contribution in [2.75, 3.05) is 11.1 Å². The van der Waals surface area contributed by atoms with Gasteiger partial charge in [-0.3, -0.25) is 4.79 Å². The molecule has 0 aliphatic heterocycles. The van der Waals surface area contributed by atoms with Gasteiger partial charge in [-0.25, -0.2) is 4.39 Å². The SMILES string of the molecule is Cc1oc(C)c(C(=O)Nc2ccc(F)c(N)c2)c1C. The van der Waals surface area contributed by atoms with Gasteiger partial charge in [-0.15, -0.1) is 0 Å². The van der Waals surface area contributed by atoms with E-state index in [1.807, 2.05) is 6.92 Å². The third kappa shape index (κ3) is 2.45. The highest BCUT2D eigenvalue weighted by molar-refractivity contribution is 6.06. The van der Waals surface area contributed by atoms with Crippen LogP contribution in [0.5, 0.6) is 0 Å². The van der Waals surface area contributed by atoms with Crippen molar-refractivity contribution < 1.29 is 13.6 Å². The van der Waals surface area contributed by atoms with E-state index in [0.717, 1.165) is 5.56 Å². The zero-order valence-electron chi connectivity index (χ0n) is 11.0. The molecule has 2 rings (SSSR count). The number of halogens is 1. The molecule has 1 amide bonds. The Balaban J connectivity index is 2.28. The quantitative estimate of drug-likeness (QED) is 0.817. The molecule has 3 N–H and O–H groups in total. The Labute approximate surface area is 110 Å². The van der Waals surface area contributed by atoms with Crippen LogP contribution in [0.4, 0.5) is 15.8 Å². The maximum Gasteiger partial charge on any atom is 0.259 e.